The van der Waals surface area contributed by atoms with Gasteiger partial charge in [-0.1, -0.05) is 41.6 Å². The van der Waals surface area contributed by atoms with Gasteiger partial charge < -0.3 is 14.7 Å². The average molecular weight is 336 g/mol. The van der Waals surface area contributed by atoms with Crippen LogP contribution in [-0.4, -0.2) is 48.1 Å². The minimum atomic E-state index is -0.119. The van der Waals surface area contributed by atoms with Crippen LogP contribution in [0.15, 0.2) is 59.1 Å². The predicted molar refractivity (Wildman–Crippen MR) is 96.1 cm³/mol. The van der Waals surface area contributed by atoms with Gasteiger partial charge in [0.25, 0.3) is 11.8 Å². The molecule has 0 saturated carbocycles. The standard InChI is InChI=1S/C19H20N4O2/c1-23(2)12-11-20-18(24)15-9-6-10-16(13-15)19-21-17(22-25-19)14-7-4-3-5-8-14/h3-10,13H,11-12H2,1-2H3,(H,20,24). The first-order valence-corrected chi connectivity index (χ1v) is 8.06. The van der Waals surface area contributed by atoms with Crippen molar-refractivity contribution in [2.24, 2.45) is 0 Å². The van der Waals surface area contributed by atoms with Crippen molar-refractivity contribution in [2.75, 3.05) is 27.2 Å². The van der Waals surface area contributed by atoms with Gasteiger partial charge in [0.2, 0.25) is 5.82 Å². The highest BCUT2D eigenvalue weighted by molar-refractivity contribution is 5.95. The number of hydrogen-bond acceptors (Lipinski definition) is 5. The van der Waals surface area contributed by atoms with Gasteiger partial charge in [-0.15, -0.1) is 0 Å². The second-order valence-corrected chi connectivity index (χ2v) is 5.93. The third-order valence-electron chi connectivity index (χ3n) is 3.67. The molecule has 1 N–H and O–H groups in total. The SMILES string of the molecule is CN(C)CCNC(=O)c1cccc(-c2nc(-c3ccccc3)no2)c1. The average Bonchev–Trinajstić information content (AvgIpc) is 3.12. The summed E-state index contributed by atoms with van der Waals surface area (Å²) in [7, 11) is 3.93. The smallest absolute Gasteiger partial charge is 0.258 e. The quantitative estimate of drug-likeness (QED) is 0.749. The van der Waals surface area contributed by atoms with Gasteiger partial charge in [-0.3, -0.25) is 4.79 Å². The summed E-state index contributed by atoms with van der Waals surface area (Å²) in [5.74, 6) is 0.796. The summed E-state index contributed by atoms with van der Waals surface area (Å²) in [5, 5.41) is 6.91. The minimum absolute atomic E-state index is 0.119. The van der Waals surface area contributed by atoms with Crippen LogP contribution in [-0.2, 0) is 0 Å². The van der Waals surface area contributed by atoms with E-state index in [-0.39, 0.29) is 5.91 Å². The zero-order chi connectivity index (χ0) is 17.6. The Balaban J connectivity index is 1.76. The summed E-state index contributed by atoms with van der Waals surface area (Å²) in [5.41, 5.74) is 2.17. The number of nitrogens with one attached hydrogen (secondary N) is 1. The number of rotatable bonds is 6. The Morgan fingerprint density at radius 1 is 1.08 bits per heavy atom. The van der Waals surface area contributed by atoms with Crippen LogP contribution in [0.2, 0.25) is 0 Å². The molecule has 0 atom stereocenters. The molecule has 0 aliphatic carbocycles. The Hall–Kier alpha value is -2.99. The van der Waals surface area contributed by atoms with Gasteiger partial charge in [0.05, 0.1) is 0 Å². The number of aromatic nitrogens is 2. The van der Waals surface area contributed by atoms with Gasteiger partial charge in [0, 0.05) is 29.8 Å². The van der Waals surface area contributed by atoms with Crippen molar-refractivity contribution in [3.8, 4) is 22.8 Å². The Bertz CT molecular complexity index is 843. The Morgan fingerprint density at radius 3 is 2.60 bits per heavy atom. The summed E-state index contributed by atoms with van der Waals surface area (Å²) < 4.78 is 5.35. The normalized spacial score (nSPS) is 10.8. The lowest BCUT2D eigenvalue weighted by Crippen LogP contribution is -2.31. The molecule has 1 heterocycles. The van der Waals surface area contributed by atoms with Crippen LogP contribution in [0.25, 0.3) is 22.8 Å². The van der Waals surface area contributed by atoms with E-state index in [4.69, 9.17) is 4.52 Å². The molecule has 128 valence electrons. The number of benzene rings is 2. The lowest BCUT2D eigenvalue weighted by atomic mass is 10.1. The Morgan fingerprint density at radius 2 is 1.84 bits per heavy atom. The molecule has 25 heavy (non-hydrogen) atoms. The molecule has 1 aromatic heterocycles. The molecular formula is C19H20N4O2. The summed E-state index contributed by atoms with van der Waals surface area (Å²) in [4.78, 5) is 18.7. The molecule has 0 fully saturated rings. The molecule has 0 bridgehead atoms. The van der Waals surface area contributed by atoms with Gasteiger partial charge in [0.1, 0.15) is 0 Å². The second kappa shape index (κ2) is 7.72. The number of carbonyl (C=O) groups excluding carboxylic acids is 1. The number of carbonyl (C=O) groups is 1. The lowest BCUT2D eigenvalue weighted by Gasteiger charge is -2.10. The zero-order valence-electron chi connectivity index (χ0n) is 14.3. The fourth-order valence-corrected chi connectivity index (χ4v) is 2.33. The van der Waals surface area contributed by atoms with E-state index in [2.05, 4.69) is 15.5 Å². The molecule has 0 unspecified atom stereocenters. The minimum Gasteiger partial charge on any atom is -0.351 e. The van der Waals surface area contributed by atoms with E-state index in [1.165, 1.54) is 0 Å². The molecule has 0 spiro atoms. The van der Waals surface area contributed by atoms with Crippen molar-refractivity contribution in [3.05, 3.63) is 60.2 Å². The topological polar surface area (TPSA) is 71.3 Å². The lowest BCUT2D eigenvalue weighted by molar-refractivity contribution is 0.0951. The largest absolute Gasteiger partial charge is 0.351 e. The number of hydrogen-bond donors (Lipinski definition) is 1. The van der Waals surface area contributed by atoms with E-state index in [0.717, 1.165) is 17.7 Å². The number of amides is 1. The molecular weight excluding hydrogens is 316 g/mol. The zero-order valence-corrected chi connectivity index (χ0v) is 14.3. The van der Waals surface area contributed by atoms with Crippen molar-refractivity contribution < 1.29 is 9.32 Å². The molecule has 6 heteroatoms. The maximum absolute atomic E-state index is 12.2. The van der Waals surface area contributed by atoms with Crippen molar-refractivity contribution in [1.82, 2.24) is 20.4 Å². The van der Waals surface area contributed by atoms with Crippen LogP contribution in [0.3, 0.4) is 0 Å². The third-order valence-corrected chi connectivity index (χ3v) is 3.67. The first-order chi connectivity index (χ1) is 12.1. The highest BCUT2D eigenvalue weighted by atomic mass is 16.5. The fourth-order valence-electron chi connectivity index (χ4n) is 2.33. The van der Waals surface area contributed by atoms with Gasteiger partial charge >= 0.3 is 0 Å². The molecule has 0 aliphatic heterocycles. The molecule has 2 aromatic carbocycles. The maximum Gasteiger partial charge on any atom is 0.258 e. The van der Waals surface area contributed by atoms with E-state index in [1.807, 2.05) is 61.5 Å². The first-order valence-electron chi connectivity index (χ1n) is 8.06. The van der Waals surface area contributed by atoms with Crippen LogP contribution in [0, 0.1) is 0 Å². The van der Waals surface area contributed by atoms with Gasteiger partial charge in [-0.2, -0.15) is 4.98 Å². The van der Waals surface area contributed by atoms with Crippen LogP contribution < -0.4 is 5.32 Å². The van der Waals surface area contributed by atoms with Crippen molar-refractivity contribution >= 4 is 5.91 Å². The summed E-state index contributed by atoms with van der Waals surface area (Å²) in [6.45, 7) is 1.38. The fraction of sp³-hybridized carbons (Fsp3) is 0.211. The third kappa shape index (κ3) is 4.30. The molecule has 3 rings (SSSR count). The summed E-state index contributed by atoms with van der Waals surface area (Å²) in [6, 6.07) is 16.8. The molecule has 1 amide bonds. The van der Waals surface area contributed by atoms with E-state index >= 15 is 0 Å². The van der Waals surface area contributed by atoms with E-state index < -0.39 is 0 Å². The van der Waals surface area contributed by atoms with Crippen molar-refractivity contribution in [1.29, 1.82) is 0 Å². The first kappa shape index (κ1) is 16.9. The number of likely N-dealkylation sites (N-methyl/N-ethyl adjacent to an activating group) is 1. The van der Waals surface area contributed by atoms with E-state index in [1.54, 1.807) is 12.1 Å². The van der Waals surface area contributed by atoms with Crippen LogP contribution in [0.5, 0.6) is 0 Å². The van der Waals surface area contributed by atoms with E-state index in [9.17, 15) is 4.79 Å². The molecule has 3 aromatic rings. The van der Waals surface area contributed by atoms with E-state index in [0.29, 0.717) is 23.8 Å². The van der Waals surface area contributed by atoms with Crippen molar-refractivity contribution in [2.45, 2.75) is 0 Å². The predicted octanol–water partition coefficient (Wildman–Crippen LogP) is 2.70. The molecule has 0 aliphatic rings. The highest BCUT2D eigenvalue weighted by Crippen LogP contribution is 2.22. The molecule has 0 saturated heterocycles. The van der Waals surface area contributed by atoms with Gasteiger partial charge in [-0.05, 0) is 32.3 Å². The van der Waals surface area contributed by atoms with Crippen LogP contribution in [0.1, 0.15) is 10.4 Å². The maximum atomic E-state index is 12.2. The number of nitrogens with zero attached hydrogens (tertiary/aromatic N) is 3. The molecule has 0 radical (unpaired) electrons. The second-order valence-electron chi connectivity index (χ2n) is 5.93. The molecule has 6 nitrogen and oxygen atoms in total. The Labute approximate surface area is 146 Å². The van der Waals surface area contributed by atoms with Gasteiger partial charge in [-0.25, -0.2) is 0 Å². The van der Waals surface area contributed by atoms with Crippen molar-refractivity contribution in [3.63, 3.8) is 0 Å². The summed E-state index contributed by atoms with van der Waals surface area (Å²) >= 11 is 0. The Kier molecular flexibility index (Phi) is 5.20. The van der Waals surface area contributed by atoms with Gasteiger partial charge in [0.15, 0.2) is 0 Å². The van der Waals surface area contributed by atoms with Crippen LogP contribution >= 0.6 is 0 Å². The van der Waals surface area contributed by atoms with Crippen LogP contribution in [0.4, 0.5) is 0 Å². The summed E-state index contributed by atoms with van der Waals surface area (Å²) in [6.07, 6.45) is 0. The monoisotopic (exact) mass is 336 g/mol. The highest BCUT2D eigenvalue weighted by Gasteiger charge is 2.12.